The molecular weight excluding hydrogens is 345 g/mol. The summed E-state index contributed by atoms with van der Waals surface area (Å²) in [6.07, 6.45) is -4.91. The summed E-state index contributed by atoms with van der Waals surface area (Å²) in [5, 5.41) is 4.70. The molecule has 0 aliphatic rings. The highest BCUT2D eigenvalue weighted by molar-refractivity contribution is 6.34. The molecule has 8 heteroatoms. The molecule has 0 spiro atoms. The van der Waals surface area contributed by atoms with Crippen molar-refractivity contribution in [2.75, 3.05) is 5.32 Å². The van der Waals surface area contributed by atoms with Gasteiger partial charge in [-0.3, -0.25) is 9.59 Å². The Kier molecular flexibility index (Phi) is 5.46. The van der Waals surface area contributed by atoms with Gasteiger partial charge in [0.15, 0.2) is 0 Å². The Balaban J connectivity index is 1.96. The predicted octanol–water partition coefficient (Wildman–Crippen LogP) is 3.77. The largest absolute Gasteiger partial charge is 0.471 e. The van der Waals surface area contributed by atoms with Gasteiger partial charge in [0, 0.05) is 12.2 Å². The molecule has 2 rings (SSSR count). The van der Waals surface area contributed by atoms with Crippen molar-refractivity contribution >= 4 is 29.1 Å². The minimum atomic E-state index is -4.91. The van der Waals surface area contributed by atoms with Crippen molar-refractivity contribution in [3.05, 3.63) is 64.7 Å². The van der Waals surface area contributed by atoms with Crippen molar-refractivity contribution in [3.63, 3.8) is 0 Å². The number of nitrogens with one attached hydrogen (secondary N) is 2. The van der Waals surface area contributed by atoms with E-state index in [-0.39, 0.29) is 6.54 Å². The van der Waals surface area contributed by atoms with Crippen molar-refractivity contribution in [3.8, 4) is 0 Å². The molecule has 0 aliphatic carbocycles. The summed E-state index contributed by atoms with van der Waals surface area (Å²) in [5.41, 5.74) is 1.22. The number of carbonyl (C=O) groups is 2. The van der Waals surface area contributed by atoms with E-state index in [9.17, 15) is 22.8 Å². The van der Waals surface area contributed by atoms with Crippen LogP contribution in [0, 0.1) is 0 Å². The quantitative estimate of drug-likeness (QED) is 0.876. The minimum Gasteiger partial charge on any atom is -0.344 e. The van der Waals surface area contributed by atoms with E-state index in [0.29, 0.717) is 21.8 Å². The van der Waals surface area contributed by atoms with Gasteiger partial charge < -0.3 is 10.6 Å². The summed E-state index contributed by atoms with van der Waals surface area (Å²) in [7, 11) is 0. The van der Waals surface area contributed by atoms with Crippen LogP contribution in [-0.4, -0.2) is 18.0 Å². The Morgan fingerprint density at radius 2 is 1.62 bits per heavy atom. The van der Waals surface area contributed by atoms with Gasteiger partial charge in [0.2, 0.25) is 0 Å². The summed E-state index contributed by atoms with van der Waals surface area (Å²) >= 11 is 5.93. The van der Waals surface area contributed by atoms with Crippen molar-refractivity contribution < 1.29 is 22.8 Å². The molecule has 0 radical (unpaired) electrons. The molecule has 0 unspecified atom stereocenters. The highest BCUT2D eigenvalue weighted by Crippen LogP contribution is 2.18. The van der Waals surface area contributed by atoms with Gasteiger partial charge in [0.05, 0.1) is 10.6 Å². The number of amides is 2. The van der Waals surface area contributed by atoms with Crippen molar-refractivity contribution in [1.29, 1.82) is 0 Å². The number of carbonyl (C=O) groups excluding carboxylic acids is 2. The molecule has 2 aromatic rings. The van der Waals surface area contributed by atoms with Gasteiger partial charge in [-0.2, -0.15) is 13.2 Å². The average molecular weight is 357 g/mol. The Bertz CT molecular complexity index is 746. The predicted molar refractivity (Wildman–Crippen MR) is 83.7 cm³/mol. The SMILES string of the molecule is O=C(Nc1ccc(CNC(=O)C(F)(F)F)cc1)c1ccccc1Cl. The maximum atomic E-state index is 12.1. The van der Waals surface area contributed by atoms with E-state index in [0.717, 1.165) is 0 Å². The van der Waals surface area contributed by atoms with Crippen LogP contribution in [0.5, 0.6) is 0 Å². The van der Waals surface area contributed by atoms with Gasteiger partial charge in [-0.15, -0.1) is 0 Å². The first-order chi connectivity index (χ1) is 11.3. The minimum absolute atomic E-state index is 0.267. The molecule has 24 heavy (non-hydrogen) atoms. The molecule has 4 nitrogen and oxygen atoms in total. The Morgan fingerprint density at radius 3 is 2.21 bits per heavy atom. The summed E-state index contributed by atoms with van der Waals surface area (Å²) < 4.78 is 36.2. The van der Waals surface area contributed by atoms with Crippen LogP contribution in [-0.2, 0) is 11.3 Å². The monoisotopic (exact) mass is 356 g/mol. The molecule has 0 saturated carbocycles. The van der Waals surface area contributed by atoms with Gasteiger partial charge in [0.25, 0.3) is 5.91 Å². The van der Waals surface area contributed by atoms with Gasteiger partial charge in [-0.05, 0) is 29.8 Å². The number of benzene rings is 2. The highest BCUT2D eigenvalue weighted by Gasteiger charge is 2.38. The number of anilines is 1. The zero-order valence-corrected chi connectivity index (χ0v) is 12.9. The lowest BCUT2D eigenvalue weighted by Gasteiger charge is -2.09. The normalized spacial score (nSPS) is 11.0. The summed E-state index contributed by atoms with van der Waals surface area (Å²) in [4.78, 5) is 22.8. The van der Waals surface area contributed by atoms with Gasteiger partial charge in [0.1, 0.15) is 0 Å². The van der Waals surface area contributed by atoms with E-state index in [1.807, 2.05) is 0 Å². The first kappa shape index (κ1) is 17.8. The van der Waals surface area contributed by atoms with E-state index in [1.165, 1.54) is 24.3 Å². The average Bonchev–Trinajstić information content (AvgIpc) is 2.53. The lowest BCUT2D eigenvalue weighted by Crippen LogP contribution is -2.36. The topological polar surface area (TPSA) is 58.2 Å². The van der Waals surface area contributed by atoms with Gasteiger partial charge in [-0.1, -0.05) is 35.9 Å². The second kappa shape index (κ2) is 7.35. The molecule has 2 aromatic carbocycles. The molecule has 0 heterocycles. The zero-order valence-electron chi connectivity index (χ0n) is 12.2. The van der Waals surface area contributed by atoms with Crippen LogP contribution in [0.15, 0.2) is 48.5 Å². The fraction of sp³-hybridized carbons (Fsp3) is 0.125. The fourth-order valence-corrected chi connectivity index (χ4v) is 2.05. The van der Waals surface area contributed by atoms with Crippen molar-refractivity contribution in [2.45, 2.75) is 12.7 Å². The van der Waals surface area contributed by atoms with E-state index < -0.39 is 18.0 Å². The molecule has 0 aromatic heterocycles. The number of alkyl halides is 3. The molecule has 0 atom stereocenters. The Labute approximate surface area is 140 Å². The number of hydrogen-bond acceptors (Lipinski definition) is 2. The maximum Gasteiger partial charge on any atom is 0.471 e. The zero-order chi connectivity index (χ0) is 17.7. The van der Waals surface area contributed by atoms with E-state index in [2.05, 4.69) is 5.32 Å². The summed E-state index contributed by atoms with van der Waals surface area (Å²) in [5.74, 6) is -2.41. The molecule has 0 bridgehead atoms. The fourth-order valence-electron chi connectivity index (χ4n) is 1.83. The molecule has 2 N–H and O–H groups in total. The van der Waals surface area contributed by atoms with E-state index in [4.69, 9.17) is 11.6 Å². The number of halogens is 4. The second-order valence-corrected chi connectivity index (χ2v) is 5.22. The second-order valence-electron chi connectivity index (χ2n) is 4.81. The smallest absolute Gasteiger partial charge is 0.344 e. The van der Waals surface area contributed by atoms with Gasteiger partial charge in [-0.25, -0.2) is 0 Å². The lowest BCUT2D eigenvalue weighted by atomic mass is 10.2. The lowest BCUT2D eigenvalue weighted by molar-refractivity contribution is -0.173. The van der Waals surface area contributed by atoms with Crippen LogP contribution in [0.3, 0.4) is 0 Å². The highest BCUT2D eigenvalue weighted by atomic mass is 35.5. The molecule has 2 amide bonds. The molecule has 0 aliphatic heterocycles. The molecule has 0 fully saturated rings. The summed E-state index contributed by atoms with van der Waals surface area (Å²) in [6.45, 7) is -0.267. The van der Waals surface area contributed by atoms with E-state index >= 15 is 0 Å². The van der Waals surface area contributed by atoms with Crippen LogP contribution >= 0.6 is 11.6 Å². The third kappa shape index (κ3) is 4.73. The first-order valence-electron chi connectivity index (χ1n) is 6.77. The summed E-state index contributed by atoms with van der Waals surface area (Å²) in [6, 6.07) is 12.6. The van der Waals surface area contributed by atoms with Crippen LogP contribution in [0.25, 0.3) is 0 Å². The van der Waals surface area contributed by atoms with Crippen molar-refractivity contribution in [2.24, 2.45) is 0 Å². The third-order valence-electron chi connectivity index (χ3n) is 3.04. The van der Waals surface area contributed by atoms with Crippen molar-refractivity contribution in [1.82, 2.24) is 5.32 Å². The van der Waals surface area contributed by atoms with Crippen LogP contribution in [0.4, 0.5) is 18.9 Å². The first-order valence-corrected chi connectivity index (χ1v) is 7.15. The Morgan fingerprint density at radius 1 is 1.00 bits per heavy atom. The third-order valence-corrected chi connectivity index (χ3v) is 3.37. The van der Waals surface area contributed by atoms with Crippen LogP contribution in [0.1, 0.15) is 15.9 Å². The molecule has 126 valence electrons. The van der Waals surface area contributed by atoms with Crippen LogP contribution < -0.4 is 10.6 Å². The number of hydrogen-bond donors (Lipinski definition) is 2. The maximum absolute atomic E-state index is 12.1. The standard InChI is InChI=1S/C16H12ClF3N2O2/c17-13-4-2-1-3-12(13)14(23)22-11-7-5-10(6-8-11)9-21-15(24)16(18,19)20/h1-8H,9H2,(H,21,24)(H,22,23). The van der Waals surface area contributed by atoms with E-state index in [1.54, 1.807) is 29.6 Å². The molecular formula is C16H12ClF3N2O2. The number of rotatable bonds is 4. The van der Waals surface area contributed by atoms with Crippen LogP contribution in [0.2, 0.25) is 5.02 Å². The Hall–Kier alpha value is -2.54. The molecule has 0 saturated heterocycles. The van der Waals surface area contributed by atoms with Gasteiger partial charge >= 0.3 is 12.1 Å².